The Kier molecular flexibility index (Phi) is 5.04. The van der Waals surface area contributed by atoms with E-state index in [1.807, 2.05) is 30.3 Å². The first kappa shape index (κ1) is 18.1. The van der Waals surface area contributed by atoms with Crippen LogP contribution in [0.15, 0.2) is 66.4 Å². The molecule has 0 aliphatic carbocycles. The van der Waals surface area contributed by atoms with Gasteiger partial charge >= 0.3 is 0 Å². The van der Waals surface area contributed by atoms with Crippen molar-refractivity contribution in [2.24, 2.45) is 0 Å². The summed E-state index contributed by atoms with van der Waals surface area (Å²) >= 11 is 1.50. The smallest absolute Gasteiger partial charge is 0.170 e. The summed E-state index contributed by atoms with van der Waals surface area (Å²) in [7, 11) is 0. The third-order valence-corrected chi connectivity index (χ3v) is 5.29. The van der Waals surface area contributed by atoms with Gasteiger partial charge in [0.1, 0.15) is 10.5 Å². The van der Waals surface area contributed by atoms with Crippen LogP contribution in [0.25, 0.3) is 21.7 Å². The molecule has 138 valence electrons. The molecule has 0 aliphatic heterocycles. The van der Waals surface area contributed by atoms with Crippen LogP contribution >= 0.6 is 11.3 Å². The number of pyridine rings is 1. The van der Waals surface area contributed by atoms with Gasteiger partial charge in [-0.05, 0) is 41.3 Å². The monoisotopic (exact) mass is 389 g/mol. The molecule has 6 heteroatoms. The summed E-state index contributed by atoms with van der Waals surface area (Å²) in [4.78, 5) is 16.0. The topological polar surface area (TPSA) is 55.7 Å². The Balaban J connectivity index is 1.58. The van der Waals surface area contributed by atoms with Crippen LogP contribution in [0.5, 0.6) is 0 Å². The van der Waals surface area contributed by atoms with Crippen LogP contribution in [0, 0.1) is 12.7 Å². The standard InChI is InChI=1S/C22H16FN3OS/c1-14-2-5-17(22-26-25-13-28-22)11-19(14)16-6-3-15(4-7-16)10-21(27)18-8-9-24-12-20(18)23/h2-9,11-13H,10H2,1H3. The van der Waals surface area contributed by atoms with Crippen LogP contribution in [0.2, 0.25) is 0 Å². The van der Waals surface area contributed by atoms with Gasteiger partial charge in [0.2, 0.25) is 0 Å². The number of nitrogens with zero attached hydrogens (tertiary/aromatic N) is 3. The SMILES string of the molecule is Cc1ccc(-c2nncs2)cc1-c1ccc(CC(=O)c2ccncc2F)cc1. The lowest BCUT2D eigenvalue weighted by molar-refractivity contribution is 0.0989. The number of Topliss-reactive ketones (excluding diaryl/α,β-unsaturated/α-hetero) is 1. The van der Waals surface area contributed by atoms with Crippen LogP contribution < -0.4 is 0 Å². The number of rotatable bonds is 5. The molecule has 0 aliphatic rings. The third-order valence-electron chi connectivity index (χ3n) is 4.55. The summed E-state index contributed by atoms with van der Waals surface area (Å²) in [6.07, 6.45) is 2.63. The molecule has 0 atom stereocenters. The van der Waals surface area contributed by atoms with Gasteiger partial charge < -0.3 is 0 Å². The number of aryl methyl sites for hydroxylation is 1. The fraction of sp³-hybridized carbons (Fsp3) is 0.0909. The number of ketones is 1. The first-order chi connectivity index (χ1) is 13.6. The second-order valence-corrected chi connectivity index (χ2v) is 7.26. The van der Waals surface area contributed by atoms with E-state index in [2.05, 4.69) is 34.2 Å². The molecule has 0 saturated heterocycles. The molecule has 0 bridgehead atoms. The maximum atomic E-state index is 13.7. The van der Waals surface area contributed by atoms with Crippen LogP contribution in [0.4, 0.5) is 4.39 Å². The van der Waals surface area contributed by atoms with E-state index in [-0.39, 0.29) is 17.8 Å². The van der Waals surface area contributed by atoms with Crippen molar-refractivity contribution in [2.45, 2.75) is 13.3 Å². The lowest BCUT2D eigenvalue weighted by Gasteiger charge is -2.09. The summed E-state index contributed by atoms with van der Waals surface area (Å²) < 4.78 is 13.7. The van der Waals surface area contributed by atoms with Gasteiger partial charge in [-0.1, -0.05) is 47.7 Å². The van der Waals surface area contributed by atoms with Crippen molar-refractivity contribution in [1.29, 1.82) is 0 Å². The Hall–Kier alpha value is -3.25. The molecule has 0 unspecified atom stereocenters. The molecule has 0 fully saturated rings. The van der Waals surface area contributed by atoms with Gasteiger partial charge in [0, 0.05) is 18.2 Å². The molecule has 4 rings (SSSR count). The van der Waals surface area contributed by atoms with Crippen molar-refractivity contribution in [3.05, 3.63) is 88.9 Å². The lowest BCUT2D eigenvalue weighted by atomic mass is 9.96. The van der Waals surface area contributed by atoms with Crippen molar-refractivity contribution < 1.29 is 9.18 Å². The van der Waals surface area contributed by atoms with Crippen LogP contribution in [0.3, 0.4) is 0 Å². The molecule has 28 heavy (non-hydrogen) atoms. The van der Waals surface area contributed by atoms with Gasteiger partial charge in [-0.25, -0.2) is 4.39 Å². The first-order valence-corrected chi connectivity index (χ1v) is 9.59. The number of hydrogen-bond donors (Lipinski definition) is 0. The van der Waals surface area contributed by atoms with Gasteiger partial charge in [0.25, 0.3) is 0 Å². The molecule has 4 aromatic rings. The van der Waals surface area contributed by atoms with Crippen molar-refractivity contribution >= 4 is 17.1 Å². The number of hydrogen-bond acceptors (Lipinski definition) is 5. The average molecular weight is 389 g/mol. The Morgan fingerprint density at radius 3 is 2.57 bits per heavy atom. The average Bonchev–Trinajstić information content (AvgIpc) is 3.24. The van der Waals surface area contributed by atoms with Gasteiger partial charge in [0.15, 0.2) is 11.6 Å². The van der Waals surface area contributed by atoms with E-state index in [4.69, 9.17) is 0 Å². The normalized spacial score (nSPS) is 10.8. The lowest BCUT2D eigenvalue weighted by Crippen LogP contribution is -2.06. The van der Waals surface area contributed by atoms with Gasteiger partial charge in [-0.15, -0.1) is 10.2 Å². The molecule has 2 aromatic heterocycles. The second-order valence-electron chi connectivity index (χ2n) is 6.43. The first-order valence-electron chi connectivity index (χ1n) is 8.71. The highest BCUT2D eigenvalue weighted by Gasteiger charge is 2.13. The number of halogens is 1. The molecule has 0 radical (unpaired) electrons. The summed E-state index contributed by atoms with van der Waals surface area (Å²) in [5.74, 6) is -0.852. The van der Waals surface area contributed by atoms with Crippen molar-refractivity contribution in [3.63, 3.8) is 0 Å². The number of carbonyl (C=O) groups excluding carboxylic acids is 1. The van der Waals surface area contributed by atoms with Crippen LogP contribution in [0.1, 0.15) is 21.5 Å². The minimum absolute atomic E-state index is 0.0691. The minimum atomic E-state index is -0.590. The highest BCUT2D eigenvalue weighted by atomic mass is 32.1. The van der Waals surface area contributed by atoms with E-state index in [0.29, 0.717) is 0 Å². The number of benzene rings is 2. The largest absolute Gasteiger partial charge is 0.294 e. The molecule has 0 N–H and O–H groups in total. The van der Waals surface area contributed by atoms with E-state index in [0.717, 1.165) is 39.0 Å². The Bertz CT molecular complexity index is 1120. The van der Waals surface area contributed by atoms with Crippen molar-refractivity contribution in [2.75, 3.05) is 0 Å². The molecule has 2 heterocycles. The van der Waals surface area contributed by atoms with Crippen molar-refractivity contribution in [3.8, 4) is 21.7 Å². The Labute approximate surface area is 165 Å². The van der Waals surface area contributed by atoms with E-state index in [1.54, 1.807) is 5.51 Å². The predicted octanol–water partition coefficient (Wildman–Crippen LogP) is 5.14. The van der Waals surface area contributed by atoms with E-state index >= 15 is 0 Å². The molecular weight excluding hydrogens is 373 g/mol. The van der Waals surface area contributed by atoms with Crippen LogP contribution in [-0.2, 0) is 6.42 Å². The highest BCUT2D eigenvalue weighted by Crippen LogP contribution is 2.30. The highest BCUT2D eigenvalue weighted by molar-refractivity contribution is 7.12. The zero-order valence-corrected chi connectivity index (χ0v) is 15.9. The molecule has 0 amide bonds. The van der Waals surface area contributed by atoms with Gasteiger partial charge in [-0.2, -0.15) is 0 Å². The summed E-state index contributed by atoms with van der Waals surface area (Å²) in [6, 6.07) is 15.4. The fourth-order valence-corrected chi connectivity index (χ4v) is 3.60. The summed E-state index contributed by atoms with van der Waals surface area (Å²) in [6.45, 7) is 2.06. The summed E-state index contributed by atoms with van der Waals surface area (Å²) in [5.41, 5.74) is 6.95. The quantitative estimate of drug-likeness (QED) is 0.444. The van der Waals surface area contributed by atoms with Gasteiger partial charge in [0.05, 0.1) is 11.8 Å². The molecule has 4 nitrogen and oxygen atoms in total. The van der Waals surface area contributed by atoms with E-state index in [1.165, 1.54) is 23.6 Å². The zero-order chi connectivity index (χ0) is 19.5. The van der Waals surface area contributed by atoms with E-state index < -0.39 is 5.82 Å². The molecule has 0 spiro atoms. The van der Waals surface area contributed by atoms with Crippen molar-refractivity contribution in [1.82, 2.24) is 15.2 Å². The predicted molar refractivity (Wildman–Crippen MR) is 108 cm³/mol. The molecule has 2 aromatic carbocycles. The minimum Gasteiger partial charge on any atom is -0.294 e. The number of aromatic nitrogens is 3. The van der Waals surface area contributed by atoms with Crippen LogP contribution in [-0.4, -0.2) is 21.0 Å². The second kappa shape index (κ2) is 7.78. The Morgan fingerprint density at radius 1 is 1.07 bits per heavy atom. The zero-order valence-electron chi connectivity index (χ0n) is 15.1. The maximum Gasteiger partial charge on any atom is 0.170 e. The summed E-state index contributed by atoms with van der Waals surface area (Å²) in [5, 5.41) is 8.91. The molecular formula is C22H16FN3OS. The maximum absolute atomic E-state index is 13.7. The molecule has 0 saturated carbocycles. The van der Waals surface area contributed by atoms with E-state index in [9.17, 15) is 9.18 Å². The number of carbonyl (C=O) groups is 1. The Morgan fingerprint density at radius 2 is 1.86 bits per heavy atom. The fourth-order valence-electron chi connectivity index (χ4n) is 3.05. The van der Waals surface area contributed by atoms with Gasteiger partial charge in [-0.3, -0.25) is 9.78 Å². The third kappa shape index (κ3) is 3.73.